The van der Waals surface area contributed by atoms with Crippen LogP contribution in [0, 0.1) is 0 Å². The molecule has 0 bridgehead atoms. The summed E-state index contributed by atoms with van der Waals surface area (Å²) < 4.78 is 6.06. The molecule has 3 heterocycles. The average molecular weight is 516 g/mol. The lowest BCUT2D eigenvalue weighted by Crippen LogP contribution is -1.95. The fourth-order valence-electron chi connectivity index (χ4n) is 6.33. The second-order valence-electron chi connectivity index (χ2n) is 10.1. The van der Waals surface area contributed by atoms with Gasteiger partial charge in [0.1, 0.15) is 0 Å². The van der Waals surface area contributed by atoms with E-state index in [1.165, 1.54) is 70.5 Å². The minimum atomic E-state index is 1.04. The predicted molar refractivity (Wildman–Crippen MR) is 166 cm³/mol. The summed E-state index contributed by atoms with van der Waals surface area (Å²) in [6.45, 7) is 0. The standard InChI is InChI=1S/C35H21N3S/c1-2-11-24(12-3-1)37-32-18-23-10-5-4-9-22(23)17-26(32)28-20-34-27(19-33(28)37)25-13-6-7-15-30(25)38(34)31-16-8-14-29-35(31)39-21-36-29/h1-21H. The smallest absolute Gasteiger partial charge is 0.0833 e. The van der Waals surface area contributed by atoms with Crippen molar-refractivity contribution in [2.24, 2.45) is 0 Å². The van der Waals surface area contributed by atoms with Gasteiger partial charge in [-0.1, -0.05) is 66.7 Å². The molecule has 9 aromatic rings. The molecule has 3 nitrogen and oxygen atoms in total. The van der Waals surface area contributed by atoms with Gasteiger partial charge in [0, 0.05) is 27.2 Å². The summed E-state index contributed by atoms with van der Waals surface area (Å²) in [6, 6.07) is 44.1. The number of hydrogen-bond acceptors (Lipinski definition) is 2. The molecule has 0 fully saturated rings. The van der Waals surface area contributed by atoms with Crippen molar-refractivity contribution in [2.45, 2.75) is 0 Å². The molecule has 4 heteroatoms. The van der Waals surface area contributed by atoms with Crippen molar-refractivity contribution in [1.82, 2.24) is 14.1 Å². The van der Waals surface area contributed by atoms with Crippen molar-refractivity contribution in [1.29, 1.82) is 0 Å². The van der Waals surface area contributed by atoms with E-state index in [0.29, 0.717) is 0 Å². The van der Waals surface area contributed by atoms with Crippen LogP contribution in [-0.4, -0.2) is 14.1 Å². The molecule has 39 heavy (non-hydrogen) atoms. The van der Waals surface area contributed by atoms with E-state index in [9.17, 15) is 0 Å². The van der Waals surface area contributed by atoms with E-state index in [4.69, 9.17) is 0 Å². The van der Waals surface area contributed by atoms with Crippen molar-refractivity contribution < 1.29 is 0 Å². The molecule has 0 amide bonds. The van der Waals surface area contributed by atoms with E-state index < -0.39 is 0 Å². The van der Waals surface area contributed by atoms with Crippen LogP contribution >= 0.6 is 11.3 Å². The second-order valence-corrected chi connectivity index (χ2v) is 11.0. The zero-order valence-corrected chi connectivity index (χ0v) is 21.7. The fraction of sp³-hybridized carbons (Fsp3) is 0. The number of nitrogens with zero attached hydrogens (tertiary/aromatic N) is 3. The summed E-state index contributed by atoms with van der Waals surface area (Å²) in [7, 11) is 0. The summed E-state index contributed by atoms with van der Waals surface area (Å²) in [5, 5.41) is 7.54. The van der Waals surface area contributed by atoms with Gasteiger partial charge in [-0.15, -0.1) is 11.3 Å². The number of benzene rings is 6. The zero-order chi connectivity index (χ0) is 25.5. The Kier molecular flexibility index (Phi) is 4.21. The Morgan fingerprint density at radius 1 is 0.487 bits per heavy atom. The molecule has 3 aromatic heterocycles. The van der Waals surface area contributed by atoms with Gasteiger partial charge in [-0.05, 0) is 65.4 Å². The third-order valence-electron chi connectivity index (χ3n) is 8.02. The normalized spacial score (nSPS) is 12.1. The number of fused-ring (bicyclic) bond motifs is 8. The summed E-state index contributed by atoms with van der Waals surface area (Å²) in [4.78, 5) is 4.61. The van der Waals surface area contributed by atoms with Crippen LogP contribution in [0.3, 0.4) is 0 Å². The largest absolute Gasteiger partial charge is 0.309 e. The van der Waals surface area contributed by atoms with Gasteiger partial charge < -0.3 is 9.13 Å². The van der Waals surface area contributed by atoms with Crippen LogP contribution in [0.4, 0.5) is 0 Å². The molecule has 0 radical (unpaired) electrons. The van der Waals surface area contributed by atoms with Gasteiger partial charge in [0.25, 0.3) is 0 Å². The van der Waals surface area contributed by atoms with Gasteiger partial charge in [-0.2, -0.15) is 0 Å². The van der Waals surface area contributed by atoms with Crippen molar-refractivity contribution >= 4 is 75.9 Å². The maximum Gasteiger partial charge on any atom is 0.0833 e. The highest BCUT2D eigenvalue weighted by Gasteiger charge is 2.20. The lowest BCUT2D eigenvalue weighted by Gasteiger charge is -2.10. The van der Waals surface area contributed by atoms with Gasteiger partial charge in [0.15, 0.2) is 0 Å². The van der Waals surface area contributed by atoms with Crippen LogP contribution in [0.5, 0.6) is 0 Å². The topological polar surface area (TPSA) is 22.8 Å². The second kappa shape index (κ2) is 7.79. The molecule has 0 N–H and O–H groups in total. The van der Waals surface area contributed by atoms with Gasteiger partial charge in [0.05, 0.1) is 43.5 Å². The Morgan fingerprint density at radius 2 is 1.15 bits per heavy atom. The van der Waals surface area contributed by atoms with E-state index in [0.717, 1.165) is 5.52 Å². The molecule has 0 saturated heterocycles. The van der Waals surface area contributed by atoms with E-state index in [1.807, 2.05) is 5.51 Å². The Morgan fingerprint density at radius 3 is 2.03 bits per heavy atom. The number of aromatic nitrogens is 3. The lowest BCUT2D eigenvalue weighted by atomic mass is 10.0. The third kappa shape index (κ3) is 2.89. The van der Waals surface area contributed by atoms with Crippen molar-refractivity contribution in [2.75, 3.05) is 0 Å². The fourth-order valence-corrected chi connectivity index (χ4v) is 7.12. The van der Waals surface area contributed by atoms with Crippen LogP contribution in [-0.2, 0) is 0 Å². The van der Waals surface area contributed by atoms with Crippen LogP contribution in [0.15, 0.2) is 127 Å². The predicted octanol–water partition coefficient (Wildman–Crippen LogP) is 9.64. The van der Waals surface area contributed by atoms with E-state index >= 15 is 0 Å². The SMILES string of the molecule is c1ccc(-n2c3cc4ccccc4cc3c3cc4c(cc32)c2ccccc2n4-c2cccc3ncsc23)cc1. The summed E-state index contributed by atoms with van der Waals surface area (Å²) in [6.07, 6.45) is 0. The number of thiazole rings is 1. The van der Waals surface area contributed by atoms with E-state index in [2.05, 4.69) is 135 Å². The first-order chi connectivity index (χ1) is 19.3. The molecule has 0 saturated carbocycles. The Bertz CT molecular complexity index is 2390. The molecule has 0 atom stereocenters. The maximum absolute atomic E-state index is 4.61. The Hall–Kier alpha value is -4.93. The average Bonchev–Trinajstić information content (AvgIpc) is 3.68. The molecule has 0 unspecified atom stereocenters. The molecule has 0 spiro atoms. The van der Waals surface area contributed by atoms with Crippen molar-refractivity contribution in [3.8, 4) is 11.4 Å². The highest BCUT2D eigenvalue weighted by Crippen LogP contribution is 2.41. The zero-order valence-electron chi connectivity index (χ0n) is 20.9. The third-order valence-corrected chi connectivity index (χ3v) is 8.88. The molecule has 9 rings (SSSR count). The molecular formula is C35H21N3S. The minimum Gasteiger partial charge on any atom is -0.309 e. The van der Waals surface area contributed by atoms with Gasteiger partial charge in [0.2, 0.25) is 0 Å². The molecule has 0 aliphatic rings. The molecule has 0 aliphatic heterocycles. The highest BCUT2D eigenvalue weighted by atomic mass is 32.1. The molecule has 0 aliphatic carbocycles. The highest BCUT2D eigenvalue weighted by molar-refractivity contribution is 7.17. The number of hydrogen-bond donors (Lipinski definition) is 0. The molecule has 182 valence electrons. The molecule has 6 aromatic carbocycles. The van der Waals surface area contributed by atoms with Crippen LogP contribution in [0.1, 0.15) is 0 Å². The Balaban J connectivity index is 1.51. The summed E-state index contributed by atoms with van der Waals surface area (Å²) >= 11 is 1.70. The lowest BCUT2D eigenvalue weighted by molar-refractivity contribution is 1.18. The van der Waals surface area contributed by atoms with Gasteiger partial charge in [-0.3, -0.25) is 0 Å². The Labute approximate surface area is 227 Å². The van der Waals surface area contributed by atoms with Gasteiger partial charge >= 0.3 is 0 Å². The maximum atomic E-state index is 4.61. The first-order valence-corrected chi connectivity index (χ1v) is 14.0. The first-order valence-electron chi connectivity index (χ1n) is 13.1. The summed E-state index contributed by atoms with van der Waals surface area (Å²) in [5.74, 6) is 0. The quantitative estimate of drug-likeness (QED) is 0.225. The summed E-state index contributed by atoms with van der Waals surface area (Å²) in [5.41, 5.74) is 10.2. The monoisotopic (exact) mass is 515 g/mol. The number of rotatable bonds is 2. The number of para-hydroxylation sites is 2. The van der Waals surface area contributed by atoms with Crippen LogP contribution < -0.4 is 0 Å². The molecular weight excluding hydrogens is 494 g/mol. The van der Waals surface area contributed by atoms with Crippen molar-refractivity contribution in [3.63, 3.8) is 0 Å². The van der Waals surface area contributed by atoms with Crippen molar-refractivity contribution in [3.05, 3.63) is 127 Å². The first kappa shape index (κ1) is 21.1. The van der Waals surface area contributed by atoms with Crippen LogP contribution in [0.2, 0.25) is 0 Å². The minimum absolute atomic E-state index is 1.04. The van der Waals surface area contributed by atoms with Gasteiger partial charge in [-0.25, -0.2) is 4.98 Å². The van der Waals surface area contributed by atoms with Crippen LogP contribution in [0.25, 0.3) is 76.0 Å². The van der Waals surface area contributed by atoms with E-state index in [1.54, 1.807) is 11.3 Å². The van der Waals surface area contributed by atoms with E-state index in [-0.39, 0.29) is 0 Å².